The monoisotopic (exact) mass is 533 g/mol. The minimum Gasteiger partial charge on any atom is -0.469 e. The van der Waals surface area contributed by atoms with Crippen molar-refractivity contribution in [3.8, 4) is 0 Å². The number of methoxy groups -OCH3 is 1. The predicted octanol–water partition coefficient (Wildman–Crippen LogP) is 4.49. The third-order valence-electron chi connectivity index (χ3n) is 7.20. The Balaban J connectivity index is 1.47. The number of hydrogen-bond donors (Lipinski definition) is 1. The summed E-state index contributed by atoms with van der Waals surface area (Å²) in [6.07, 6.45) is -2.44. The lowest BCUT2D eigenvalue weighted by atomic mass is 9.80. The number of nitrogens with zero attached hydrogens (tertiary/aromatic N) is 1. The van der Waals surface area contributed by atoms with Gasteiger partial charge in [-0.2, -0.15) is 5.06 Å². The zero-order chi connectivity index (χ0) is 27.5. The smallest absolute Gasteiger partial charge is 0.306 e. The van der Waals surface area contributed by atoms with Crippen molar-refractivity contribution in [3.05, 3.63) is 108 Å². The van der Waals surface area contributed by atoms with E-state index < -0.39 is 41.9 Å². The topological polar surface area (TPSA) is 86.7 Å². The van der Waals surface area contributed by atoms with E-state index in [0.29, 0.717) is 0 Å². The van der Waals surface area contributed by atoms with Crippen molar-refractivity contribution in [1.82, 2.24) is 5.06 Å². The standard InChI is InChI=1S/C31H35NO7/c1-30(2)38-27-25(37-29(28(27)39-30)32(34)20-19-26(33)35-3)21-36-31(22-13-7-4-8-14-22,23-15-9-5-10-16-23)24-17-11-6-12-18-24/h4-18,25,27-29,34H,19-21H2,1-3H3. The molecule has 2 aliphatic heterocycles. The number of ether oxygens (including phenoxy) is 5. The highest BCUT2D eigenvalue weighted by atomic mass is 16.8. The first kappa shape index (κ1) is 27.5. The van der Waals surface area contributed by atoms with E-state index in [4.69, 9.17) is 23.7 Å². The average molecular weight is 534 g/mol. The summed E-state index contributed by atoms with van der Waals surface area (Å²) in [6.45, 7) is 3.85. The van der Waals surface area contributed by atoms with E-state index in [2.05, 4.69) is 36.4 Å². The Kier molecular flexibility index (Phi) is 8.13. The minimum atomic E-state index is -0.931. The van der Waals surface area contributed by atoms with E-state index in [1.165, 1.54) is 7.11 Å². The first-order valence-corrected chi connectivity index (χ1v) is 13.2. The second-order valence-corrected chi connectivity index (χ2v) is 10.2. The lowest BCUT2D eigenvalue weighted by Crippen LogP contribution is -2.43. The molecule has 8 heteroatoms. The van der Waals surface area contributed by atoms with Crippen molar-refractivity contribution in [2.24, 2.45) is 0 Å². The van der Waals surface area contributed by atoms with E-state index >= 15 is 0 Å². The predicted molar refractivity (Wildman–Crippen MR) is 143 cm³/mol. The number of esters is 1. The molecular formula is C31H35NO7. The van der Waals surface area contributed by atoms with Crippen LogP contribution < -0.4 is 0 Å². The third kappa shape index (κ3) is 5.63. The molecule has 2 aliphatic rings. The molecule has 0 spiro atoms. The molecule has 4 atom stereocenters. The summed E-state index contributed by atoms with van der Waals surface area (Å²) in [4.78, 5) is 11.7. The fourth-order valence-electron chi connectivity index (χ4n) is 5.44. The van der Waals surface area contributed by atoms with Gasteiger partial charge in [0.1, 0.15) is 23.9 Å². The number of hydroxylamine groups is 2. The van der Waals surface area contributed by atoms with Gasteiger partial charge in [0, 0.05) is 6.54 Å². The maximum Gasteiger partial charge on any atom is 0.306 e. The Bertz CT molecular complexity index is 1120. The van der Waals surface area contributed by atoms with Gasteiger partial charge in [0.15, 0.2) is 12.0 Å². The second kappa shape index (κ2) is 11.6. The van der Waals surface area contributed by atoms with Crippen LogP contribution in [0.4, 0.5) is 0 Å². The largest absolute Gasteiger partial charge is 0.469 e. The van der Waals surface area contributed by atoms with Crippen LogP contribution in [0.2, 0.25) is 0 Å². The van der Waals surface area contributed by atoms with E-state index in [1.54, 1.807) is 0 Å². The van der Waals surface area contributed by atoms with Crippen molar-refractivity contribution in [2.45, 2.75) is 56.2 Å². The number of fused-ring (bicyclic) bond motifs is 1. The van der Waals surface area contributed by atoms with Gasteiger partial charge in [-0.3, -0.25) is 4.79 Å². The van der Waals surface area contributed by atoms with Crippen LogP contribution in [0.1, 0.15) is 37.0 Å². The van der Waals surface area contributed by atoms with Crippen molar-refractivity contribution in [1.29, 1.82) is 0 Å². The van der Waals surface area contributed by atoms with Crippen LogP contribution in [-0.2, 0) is 34.1 Å². The fourth-order valence-corrected chi connectivity index (χ4v) is 5.44. The summed E-state index contributed by atoms with van der Waals surface area (Å²) in [5.41, 5.74) is 1.98. The summed E-state index contributed by atoms with van der Waals surface area (Å²) in [6, 6.07) is 30.3. The molecule has 0 amide bonds. The van der Waals surface area contributed by atoms with Crippen molar-refractivity contribution in [2.75, 3.05) is 20.3 Å². The molecule has 3 aromatic rings. The summed E-state index contributed by atoms with van der Waals surface area (Å²) < 4.78 is 30.3. The Morgan fingerprint density at radius 1 is 0.872 bits per heavy atom. The Labute approximate surface area is 229 Å². The highest BCUT2D eigenvalue weighted by Crippen LogP contribution is 2.43. The van der Waals surface area contributed by atoms with E-state index in [0.717, 1.165) is 21.8 Å². The molecule has 206 valence electrons. The van der Waals surface area contributed by atoms with Gasteiger partial charge in [0.05, 0.1) is 20.1 Å². The van der Waals surface area contributed by atoms with Gasteiger partial charge in [-0.1, -0.05) is 91.0 Å². The molecule has 0 aromatic heterocycles. The van der Waals surface area contributed by atoms with Crippen LogP contribution in [-0.4, -0.2) is 66.8 Å². The Morgan fingerprint density at radius 2 is 1.36 bits per heavy atom. The molecule has 2 saturated heterocycles. The van der Waals surface area contributed by atoms with E-state index in [-0.39, 0.29) is 19.6 Å². The van der Waals surface area contributed by atoms with Gasteiger partial charge < -0.3 is 28.9 Å². The van der Waals surface area contributed by atoms with Crippen molar-refractivity contribution in [3.63, 3.8) is 0 Å². The Hall–Kier alpha value is -3.11. The number of carbonyl (C=O) groups excluding carboxylic acids is 1. The first-order chi connectivity index (χ1) is 18.8. The Morgan fingerprint density at radius 3 is 1.85 bits per heavy atom. The van der Waals surface area contributed by atoms with Gasteiger partial charge in [-0.05, 0) is 30.5 Å². The zero-order valence-corrected chi connectivity index (χ0v) is 22.4. The quantitative estimate of drug-likeness (QED) is 0.232. The van der Waals surface area contributed by atoms with Crippen LogP contribution in [0.25, 0.3) is 0 Å². The van der Waals surface area contributed by atoms with E-state index in [1.807, 2.05) is 68.4 Å². The number of benzene rings is 3. The molecule has 0 bridgehead atoms. The molecule has 39 heavy (non-hydrogen) atoms. The van der Waals surface area contributed by atoms with Gasteiger partial charge in [0.2, 0.25) is 0 Å². The molecule has 0 saturated carbocycles. The fraction of sp³-hybridized carbons (Fsp3) is 0.387. The summed E-state index contributed by atoms with van der Waals surface area (Å²) in [7, 11) is 1.31. The molecule has 2 heterocycles. The lowest BCUT2D eigenvalue weighted by molar-refractivity contribution is -0.266. The summed E-state index contributed by atoms with van der Waals surface area (Å²) >= 11 is 0. The number of rotatable bonds is 10. The van der Waals surface area contributed by atoms with Crippen LogP contribution in [0.5, 0.6) is 0 Å². The molecule has 8 nitrogen and oxygen atoms in total. The molecule has 1 N–H and O–H groups in total. The highest BCUT2D eigenvalue weighted by Gasteiger charge is 2.57. The molecular weight excluding hydrogens is 498 g/mol. The maximum absolute atomic E-state index is 11.7. The molecule has 5 rings (SSSR count). The molecule has 3 aromatic carbocycles. The molecule has 0 radical (unpaired) electrons. The SMILES string of the molecule is COC(=O)CCN(O)C1OC(COC(c2ccccc2)(c2ccccc2)c2ccccc2)C2OC(C)(C)OC21. The summed E-state index contributed by atoms with van der Waals surface area (Å²) in [5, 5.41) is 11.8. The first-order valence-electron chi connectivity index (χ1n) is 13.2. The number of hydrogen-bond acceptors (Lipinski definition) is 8. The maximum atomic E-state index is 11.7. The van der Waals surface area contributed by atoms with Crippen LogP contribution in [0.15, 0.2) is 91.0 Å². The van der Waals surface area contributed by atoms with Crippen molar-refractivity contribution >= 4 is 5.97 Å². The van der Waals surface area contributed by atoms with Crippen molar-refractivity contribution < 1.29 is 33.7 Å². The van der Waals surface area contributed by atoms with Crippen LogP contribution in [0, 0.1) is 0 Å². The normalized spacial score (nSPS) is 24.0. The van der Waals surface area contributed by atoms with Gasteiger partial charge >= 0.3 is 5.97 Å². The van der Waals surface area contributed by atoms with Crippen LogP contribution >= 0.6 is 0 Å². The van der Waals surface area contributed by atoms with E-state index in [9.17, 15) is 10.0 Å². The van der Waals surface area contributed by atoms with Crippen LogP contribution in [0.3, 0.4) is 0 Å². The molecule has 0 aliphatic carbocycles. The molecule has 4 unspecified atom stereocenters. The van der Waals surface area contributed by atoms with Gasteiger partial charge in [-0.15, -0.1) is 0 Å². The highest BCUT2D eigenvalue weighted by molar-refractivity contribution is 5.69. The van der Waals surface area contributed by atoms with Gasteiger partial charge in [-0.25, -0.2) is 0 Å². The average Bonchev–Trinajstić information content (AvgIpc) is 3.46. The zero-order valence-electron chi connectivity index (χ0n) is 22.4. The second-order valence-electron chi connectivity index (χ2n) is 10.2. The third-order valence-corrected chi connectivity index (χ3v) is 7.20. The summed E-state index contributed by atoms with van der Waals surface area (Å²) in [5.74, 6) is -1.29. The molecule has 2 fully saturated rings. The minimum absolute atomic E-state index is 0.00873. The van der Waals surface area contributed by atoms with Gasteiger partial charge in [0.25, 0.3) is 0 Å². The number of carbonyl (C=O) groups is 1. The lowest BCUT2D eigenvalue weighted by Gasteiger charge is -2.37.